The van der Waals surface area contributed by atoms with Gasteiger partial charge >= 0.3 is 0 Å². The summed E-state index contributed by atoms with van der Waals surface area (Å²) in [5.74, 6) is 0.541. The van der Waals surface area contributed by atoms with Gasteiger partial charge in [0.05, 0.1) is 7.11 Å². The first-order valence-electron chi connectivity index (χ1n) is 5.96. The number of aromatic hydroxyl groups is 1. The fourth-order valence-electron chi connectivity index (χ4n) is 1.88. The highest BCUT2D eigenvalue weighted by Crippen LogP contribution is 2.23. The van der Waals surface area contributed by atoms with E-state index in [1.54, 1.807) is 7.11 Å². The second-order valence-electron chi connectivity index (χ2n) is 4.31. The van der Waals surface area contributed by atoms with Crippen molar-refractivity contribution in [2.24, 2.45) is 0 Å². The summed E-state index contributed by atoms with van der Waals surface area (Å²) < 4.78 is 18.3. The Bertz CT molecular complexity index is 584. The van der Waals surface area contributed by atoms with Crippen LogP contribution in [0.2, 0.25) is 0 Å². The summed E-state index contributed by atoms with van der Waals surface area (Å²) in [4.78, 5) is 0. The number of methoxy groups -OCH3 is 1. The second kappa shape index (κ2) is 5.61. The van der Waals surface area contributed by atoms with Crippen molar-refractivity contribution in [1.82, 2.24) is 0 Å². The number of hydrogen-bond donors (Lipinski definition) is 2. The van der Waals surface area contributed by atoms with Gasteiger partial charge in [-0.1, -0.05) is 0 Å². The van der Waals surface area contributed by atoms with Crippen molar-refractivity contribution in [3.8, 4) is 11.5 Å². The minimum absolute atomic E-state index is 0.0825. The highest BCUT2D eigenvalue weighted by molar-refractivity contribution is 5.51. The number of halogens is 1. The number of anilines is 1. The summed E-state index contributed by atoms with van der Waals surface area (Å²) in [6, 6.07) is 9.58. The Morgan fingerprint density at radius 2 is 2.00 bits per heavy atom. The highest BCUT2D eigenvalue weighted by atomic mass is 19.1. The lowest BCUT2D eigenvalue weighted by Crippen LogP contribution is -2.01. The summed E-state index contributed by atoms with van der Waals surface area (Å²) in [5, 5.41) is 12.8. The van der Waals surface area contributed by atoms with Crippen LogP contribution in [0.25, 0.3) is 0 Å². The Morgan fingerprint density at radius 3 is 2.68 bits per heavy atom. The molecule has 0 bridgehead atoms. The van der Waals surface area contributed by atoms with Crippen molar-refractivity contribution in [2.75, 3.05) is 12.4 Å². The van der Waals surface area contributed by atoms with Crippen molar-refractivity contribution in [1.29, 1.82) is 0 Å². The van der Waals surface area contributed by atoms with Gasteiger partial charge < -0.3 is 15.2 Å². The average molecular weight is 261 g/mol. The summed E-state index contributed by atoms with van der Waals surface area (Å²) in [5.41, 5.74) is 2.42. The molecule has 0 aliphatic carbocycles. The van der Waals surface area contributed by atoms with Crippen LogP contribution in [0.15, 0.2) is 36.4 Å². The van der Waals surface area contributed by atoms with E-state index in [1.807, 2.05) is 25.1 Å². The number of benzene rings is 2. The predicted octanol–water partition coefficient (Wildman–Crippen LogP) is 3.46. The Balaban J connectivity index is 2.10. The summed E-state index contributed by atoms with van der Waals surface area (Å²) in [7, 11) is 1.63. The first kappa shape index (κ1) is 13.2. The molecule has 4 heteroatoms. The van der Waals surface area contributed by atoms with E-state index >= 15 is 0 Å². The van der Waals surface area contributed by atoms with Gasteiger partial charge in [0, 0.05) is 17.8 Å². The number of phenols is 1. The van der Waals surface area contributed by atoms with E-state index in [0.717, 1.165) is 17.0 Å². The molecule has 0 saturated carbocycles. The van der Waals surface area contributed by atoms with Crippen LogP contribution in [-0.2, 0) is 6.54 Å². The fourth-order valence-corrected chi connectivity index (χ4v) is 1.88. The minimum atomic E-state index is -0.361. The molecule has 0 atom stereocenters. The lowest BCUT2D eigenvalue weighted by molar-refractivity contribution is 0.412. The van der Waals surface area contributed by atoms with Crippen molar-refractivity contribution in [3.05, 3.63) is 53.3 Å². The smallest absolute Gasteiger partial charge is 0.123 e. The maximum absolute atomic E-state index is 13.1. The standard InChI is InChI=1S/C15H16FNO2/c1-10-7-13(4-6-15(10)19-2)17-9-11-8-12(16)3-5-14(11)18/h3-8,17-18H,9H2,1-2H3. The zero-order chi connectivity index (χ0) is 13.8. The molecule has 0 aliphatic rings. The van der Waals surface area contributed by atoms with E-state index in [9.17, 15) is 9.50 Å². The van der Waals surface area contributed by atoms with Gasteiger partial charge in [-0.25, -0.2) is 4.39 Å². The zero-order valence-corrected chi connectivity index (χ0v) is 10.9. The van der Waals surface area contributed by atoms with Crippen LogP contribution in [0.5, 0.6) is 11.5 Å². The van der Waals surface area contributed by atoms with Crippen LogP contribution in [0.4, 0.5) is 10.1 Å². The van der Waals surface area contributed by atoms with Crippen LogP contribution < -0.4 is 10.1 Å². The Kier molecular flexibility index (Phi) is 3.90. The molecular formula is C15H16FNO2. The number of hydrogen-bond acceptors (Lipinski definition) is 3. The van der Waals surface area contributed by atoms with Gasteiger partial charge in [0.2, 0.25) is 0 Å². The average Bonchev–Trinajstić information content (AvgIpc) is 2.40. The first-order chi connectivity index (χ1) is 9.10. The molecule has 2 aromatic carbocycles. The molecule has 0 unspecified atom stereocenters. The van der Waals surface area contributed by atoms with Crippen molar-refractivity contribution in [3.63, 3.8) is 0 Å². The number of rotatable bonds is 4. The van der Waals surface area contributed by atoms with Gasteiger partial charge in [-0.3, -0.25) is 0 Å². The van der Waals surface area contributed by atoms with Crippen LogP contribution >= 0.6 is 0 Å². The van der Waals surface area contributed by atoms with Crippen molar-refractivity contribution >= 4 is 5.69 Å². The molecule has 0 heterocycles. The molecule has 0 aliphatic heterocycles. The summed E-state index contributed by atoms with van der Waals surface area (Å²) in [6.45, 7) is 2.30. The lowest BCUT2D eigenvalue weighted by Gasteiger charge is -2.11. The van der Waals surface area contributed by atoms with E-state index in [0.29, 0.717) is 12.1 Å². The molecule has 2 rings (SSSR count). The quantitative estimate of drug-likeness (QED) is 0.885. The Labute approximate surface area is 111 Å². The van der Waals surface area contributed by atoms with Gasteiger partial charge in [-0.15, -0.1) is 0 Å². The molecule has 19 heavy (non-hydrogen) atoms. The summed E-state index contributed by atoms with van der Waals surface area (Å²) >= 11 is 0. The molecule has 0 spiro atoms. The molecule has 0 saturated heterocycles. The molecule has 100 valence electrons. The molecule has 0 aromatic heterocycles. The Hall–Kier alpha value is -2.23. The second-order valence-corrected chi connectivity index (χ2v) is 4.31. The van der Waals surface area contributed by atoms with Crippen molar-refractivity contribution in [2.45, 2.75) is 13.5 Å². The van der Waals surface area contributed by atoms with E-state index < -0.39 is 0 Å². The largest absolute Gasteiger partial charge is 0.508 e. The topological polar surface area (TPSA) is 41.5 Å². The molecule has 0 fully saturated rings. The van der Waals surface area contributed by atoms with Crippen LogP contribution in [0.1, 0.15) is 11.1 Å². The van der Waals surface area contributed by atoms with E-state index in [4.69, 9.17) is 4.74 Å². The monoisotopic (exact) mass is 261 g/mol. The molecular weight excluding hydrogens is 245 g/mol. The number of ether oxygens (including phenoxy) is 1. The van der Waals surface area contributed by atoms with Gasteiger partial charge in [-0.2, -0.15) is 0 Å². The van der Waals surface area contributed by atoms with E-state index in [1.165, 1.54) is 18.2 Å². The fraction of sp³-hybridized carbons (Fsp3) is 0.200. The molecule has 2 aromatic rings. The maximum atomic E-state index is 13.1. The third-order valence-corrected chi connectivity index (χ3v) is 2.92. The predicted molar refractivity (Wildman–Crippen MR) is 73.1 cm³/mol. The number of phenolic OH excluding ortho intramolecular Hbond substituents is 1. The highest BCUT2D eigenvalue weighted by Gasteiger charge is 2.04. The minimum Gasteiger partial charge on any atom is -0.508 e. The SMILES string of the molecule is COc1ccc(NCc2cc(F)ccc2O)cc1C. The zero-order valence-electron chi connectivity index (χ0n) is 10.9. The number of aryl methyl sites for hydroxylation is 1. The molecule has 0 amide bonds. The van der Waals surface area contributed by atoms with E-state index in [-0.39, 0.29) is 11.6 Å². The van der Waals surface area contributed by atoms with Crippen molar-refractivity contribution < 1.29 is 14.2 Å². The van der Waals surface area contributed by atoms with Gasteiger partial charge in [0.25, 0.3) is 0 Å². The molecule has 2 N–H and O–H groups in total. The Morgan fingerprint density at radius 1 is 1.21 bits per heavy atom. The van der Waals surface area contributed by atoms with E-state index in [2.05, 4.69) is 5.32 Å². The summed E-state index contributed by atoms with van der Waals surface area (Å²) in [6.07, 6.45) is 0. The molecule has 0 radical (unpaired) electrons. The van der Waals surface area contributed by atoms with Crippen LogP contribution in [0, 0.1) is 12.7 Å². The first-order valence-corrected chi connectivity index (χ1v) is 5.96. The van der Waals surface area contributed by atoms with Crippen LogP contribution in [-0.4, -0.2) is 12.2 Å². The maximum Gasteiger partial charge on any atom is 0.123 e. The van der Waals surface area contributed by atoms with Gasteiger partial charge in [-0.05, 0) is 48.9 Å². The lowest BCUT2D eigenvalue weighted by atomic mass is 10.1. The number of nitrogens with one attached hydrogen (secondary N) is 1. The normalized spacial score (nSPS) is 10.3. The molecule has 3 nitrogen and oxygen atoms in total. The third-order valence-electron chi connectivity index (χ3n) is 2.92. The third kappa shape index (κ3) is 3.16. The van der Waals surface area contributed by atoms with Gasteiger partial charge in [0.1, 0.15) is 17.3 Å². The van der Waals surface area contributed by atoms with Crippen LogP contribution in [0.3, 0.4) is 0 Å². The van der Waals surface area contributed by atoms with Gasteiger partial charge in [0.15, 0.2) is 0 Å².